The summed E-state index contributed by atoms with van der Waals surface area (Å²) in [6, 6.07) is 6.96. The Kier molecular flexibility index (Phi) is 3.46. The number of aromatic nitrogens is 3. The molecule has 0 amide bonds. The zero-order valence-corrected chi connectivity index (χ0v) is 13.2. The second-order valence-electron chi connectivity index (χ2n) is 5.68. The van der Waals surface area contributed by atoms with Crippen molar-refractivity contribution in [3.05, 3.63) is 40.7 Å². The van der Waals surface area contributed by atoms with Gasteiger partial charge in [-0.2, -0.15) is 0 Å². The molecule has 106 valence electrons. The van der Waals surface area contributed by atoms with Crippen LogP contribution < -0.4 is 5.43 Å². The van der Waals surface area contributed by atoms with Gasteiger partial charge in [0.1, 0.15) is 0 Å². The number of hydrogen-bond donors (Lipinski definition) is 1. The van der Waals surface area contributed by atoms with Gasteiger partial charge in [-0.05, 0) is 25.0 Å². The molecule has 2 heterocycles. The Balaban J connectivity index is 1.93. The van der Waals surface area contributed by atoms with E-state index in [-0.39, 0.29) is 0 Å². The van der Waals surface area contributed by atoms with Gasteiger partial charge >= 0.3 is 0 Å². The molecular weight excluding hydrogens is 268 g/mol. The summed E-state index contributed by atoms with van der Waals surface area (Å²) in [5.74, 6) is 2.35. The van der Waals surface area contributed by atoms with Gasteiger partial charge in [-0.3, -0.25) is 0 Å². The van der Waals surface area contributed by atoms with E-state index >= 15 is 0 Å². The molecule has 0 saturated carbocycles. The van der Waals surface area contributed by atoms with Crippen molar-refractivity contribution < 1.29 is 0 Å². The second kappa shape index (κ2) is 5.13. The summed E-state index contributed by atoms with van der Waals surface area (Å²) >= 11 is 1.77. The molecule has 4 nitrogen and oxygen atoms in total. The third-order valence-corrected chi connectivity index (χ3v) is 4.66. The van der Waals surface area contributed by atoms with E-state index in [1.807, 2.05) is 0 Å². The summed E-state index contributed by atoms with van der Waals surface area (Å²) in [5.41, 5.74) is 7.58. The average molecular weight is 288 g/mol. The maximum absolute atomic E-state index is 4.29. The Morgan fingerprint density at radius 3 is 2.80 bits per heavy atom. The van der Waals surface area contributed by atoms with Crippen molar-refractivity contribution in [1.29, 1.82) is 0 Å². The van der Waals surface area contributed by atoms with Crippen LogP contribution in [0.2, 0.25) is 0 Å². The molecule has 20 heavy (non-hydrogen) atoms. The van der Waals surface area contributed by atoms with Crippen LogP contribution in [0.3, 0.4) is 0 Å². The van der Waals surface area contributed by atoms with Crippen LogP contribution in [-0.4, -0.2) is 20.6 Å². The highest BCUT2D eigenvalue weighted by molar-refractivity contribution is 7.99. The van der Waals surface area contributed by atoms with Gasteiger partial charge in [-0.1, -0.05) is 49.4 Å². The van der Waals surface area contributed by atoms with Crippen molar-refractivity contribution in [3.8, 4) is 0 Å². The zero-order chi connectivity index (χ0) is 14.3. The Morgan fingerprint density at radius 1 is 1.30 bits per heavy atom. The third-order valence-electron chi connectivity index (χ3n) is 3.64. The van der Waals surface area contributed by atoms with Gasteiger partial charge in [0.2, 0.25) is 5.16 Å². The van der Waals surface area contributed by atoms with Gasteiger partial charge in [-0.15, -0.1) is 10.2 Å². The lowest BCUT2D eigenvalue weighted by Crippen LogP contribution is -2.29. The number of benzene rings is 1. The molecule has 0 spiro atoms. The number of nitrogens with one attached hydrogen (secondary N) is 1. The van der Waals surface area contributed by atoms with E-state index in [9.17, 15) is 0 Å². The standard InChI is InChI=1S/C15H20N4S/c1-9(2)14-16-17-15-19(14)18-13(8-20-15)12-6-5-10(3)7-11(12)4/h5-7,9,13,18H,8H2,1-4H3. The fraction of sp³-hybridized carbons (Fsp3) is 0.467. The van der Waals surface area contributed by atoms with Gasteiger partial charge in [0, 0.05) is 11.7 Å². The Morgan fingerprint density at radius 2 is 2.10 bits per heavy atom. The minimum Gasteiger partial charge on any atom is -0.314 e. The van der Waals surface area contributed by atoms with Crippen LogP contribution >= 0.6 is 11.8 Å². The second-order valence-corrected chi connectivity index (χ2v) is 6.67. The van der Waals surface area contributed by atoms with E-state index in [4.69, 9.17) is 0 Å². The molecule has 2 aromatic rings. The molecule has 1 aliphatic rings. The van der Waals surface area contributed by atoms with Crippen LogP contribution in [0.1, 0.15) is 48.3 Å². The highest BCUT2D eigenvalue weighted by Crippen LogP contribution is 2.32. The average Bonchev–Trinajstić information content (AvgIpc) is 2.81. The van der Waals surface area contributed by atoms with Crippen molar-refractivity contribution in [1.82, 2.24) is 14.9 Å². The SMILES string of the molecule is Cc1ccc(C2CSc3nnc(C(C)C)n3N2)c(C)c1. The van der Waals surface area contributed by atoms with Crippen LogP contribution in [0, 0.1) is 13.8 Å². The van der Waals surface area contributed by atoms with Crippen molar-refractivity contribution >= 4 is 11.8 Å². The normalized spacial score (nSPS) is 17.9. The highest BCUT2D eigenvalue weighted by Gasteiger charge is 2.25. The van der Waals surface area contributed by atoms with Crippen molar-refractivity contribution in [2.45, 2.75) is 44.8 Å². The molecular formula is C15H20N4S. The molecule has 5 heteroatoms. The smallest absolute Gasteiger partial charge is 0.210 e. The summed E-state index contributed by atoms with van der Waals surface area (Å²) in [7, 11) is 0. The minimum atomic E-state index is 0.307. The number of thioether (sulfide) groups is 1. The predicted octanol–water partition coefficient (Wildman–Crippen LogP) is 3.41. The molecule has 0 saturated heterocycles. The third kappa shape index (κ3) is 2.30. The Hall–Kier alpha value is -1.49. The molecule has 3 rings (SSSR count). The maximum atomic E-state index is 4.29. The minimum absolute atomic E-state index is 0.307. The molecule has 0 bridgehead atoms. The lowest BCUT2D eigenvalue weighted by Gasteiger charge is -2.28. The summed E-state index contributed by atoms with van der Waals surface area (Å²) in [6.07, 6.45) is 0. The fourth-order valence-corrected chi connectivity index (χ4v) is 3.54. The highest BCUT2D eigenvalue weighted by atomic mass is 32.2. The zero-order valence-electron chi connectivity index (χ0n) is 12.3. The molecule has 1 aromatic heterocycles. The van der Waals surface area contributed by atoms with E-state index in [1.54, 1.807) is 11.8 Å². The topological polar surface area (TPSA) is 42.7 Å². The van der Waals surface area contributed by atoms with Gasteiger partial charge < -0.3 is 5.43 Å². The monoisotopic (exact) mass is 288 g/mol. The molecule has 1 N–H and O–H groups in total. The Bertz CT molecular complexity index is 633. The van der Waals surface area contributed by atoms with E-state index < -0.39 is 0 Å². The summed E-state index contributed by atoms with van der Waals surface area (Å²) in [4.78, 5) is 0. The number of fused-ring (bicyclic) bond motifs is 1. The molecule has 1 aromatic carbocycles. The fourth-order valence-electron chi connectivity index (χ4n) is 2.60. The molecule has 1 atom stereocenters. The quantitative estimate of drug-likeness (QED) is 0.919. The Labute approximate surface area is 124 Å². The van der Waals surface area contributed by atoms with E-state index in [1.165, 1.54) is 16.7 Å². The summed E-state index contributed by atoms with van der Waals surface area (Å²) in [6.45, 7) is 8.60. The van der Waals surface area contributed by atoms with E-state index in [0.29, 0.717) is 12.0 Å². The molecule has 0 aliphatic carbocycles. The van der Waals surface area contributed by atoms with Crippen LogP contribution in [0.4, 0.5) is 0 Å². The first-order valence-corrected chi connectivity index (χ1v) is 7.96. The molecule has 0 radical (unpaired) electrons. The molecule has 0 fully saturated rings. The number of aryl methyl sites for hydroxylation is 2. The van der Waals surface area contributed by atoms with Crippen molar-refractivity contribution in [3.63, 3.8) is 0 Å². The van der Waals surface area contributed by atoms with Gasteiger partial charge in [0.25, 0.3) is 0 Å². The number of rotatable bonds is 2. The van der Waals surface area contributed by atoms with Crippen LogP contribution in [0.15, 0.2) is 23.4 Å². The maximum Gasteiger partial charge on any atom is 0.210 e. The first-order chi connectivity index (χ1) is 9.56. The van der Waals surface area contributed by atoms with Crippen LogP contribution in [0.25, 0.3) is 0 Å². The van der Waals surface area contributed by atoms with Gasteiger partial charge in [-0.25, -0.2) is 4.68 Å². The predicted molar refractivity (Wildman–Crippen MR) is 82.9 cm³/mol. The lowest BCUT2D eigenvalue weighted by atomic mass is 10.0. The van der Waals surface area contributed by atoms with Crippen LogP contribution in [0.5, 0.6) is 0 Å². The van der Waals surface area contributed by atoms with E-state index in [0.717, 1.165) is 16.7 Å². The molecule has 1 aliphatic heterocycles. The van der Waals surface area contributed by atoms with E-state index in [2.05, 4.69) is 66.2 Å². The molecule has 1 unspecified atom stereocenters. The van der Waals surface area contributed by atoms with Crippen LogP contribution in [-0.2, 0) is 0 Å². The number of hydrogen-bond acceptors (Lipinski definition) is 4. The summed E-state index contributed by atoms with van der Waals surface area (Å²) < 4.78 is 2.06. The number of nitrogens with zero attached hydrogens (tertiary/aromatic N) is 3. The first kappa shape index (κ1) is 13.5. The van der Waals surface area contributed by atoms with Crippen molar-refractivity contribution in [2.24, 2.45) is 0 Å². The largest absolute Gasteiger partial charge is 0.314 e. The lowest BCUT2D eigenvalue weighted by molar-refractivity contribution is 0.610. The first-order valence-electron chi connectivity index (χ1n) is 6.98. The summed E-state index contributed by atoms with van der Waals surface area (Å²) in [5, 5.41) is 9.51. The van der Waals surface area contributed by atoms with Gasteiger partial charge in [0.15, 0.2) is 5.82 Å². The van der Waals surface area contributed by atoms with Gasteiger partial charge in [0.05, 0.1) is 6.04 Å². The van der Waals surface area contributed by atoms with Crippen molar-refractivity contribution in [2.75, 3.05) is 11.2 Å².